The normalized spacial score (nSPS) is 14.1. The van der Waals surface area contributed by atoms with Gasteiger partial charge in [0.15, 0.2) is 5.11 Å². The summed E-state index contributed by atoms with van der Waals surface area (Å²) in [5.74, 6) is 0.505. The van der Waals surface area contributed by atoms with Crippen molar-refractivity contribution in [1.82, 2.24) is 5.32 Å². The lowest BCUT2D eigenvalue weighted by Crippen LogP contribution is -2.28. The van der Waals surface area contributed by atoms with E-state index in [1.54, 1.807) is 17.6 Å². The van der Waals surface area contributed by atoms with Crippen molar-refractivity contribution in [3.63, 3.8) is 0 Å². The highest BCUT2D eigenvalue weighted by atomic mass is 32.1. The second-order valence-electron chi connectivity index (χ2n) is 6.00. The van der Waals surface area contributed by atoms with Crippen molar-refractivity contribution in [3.05, 3.63) is 40.2 Å². The quantitative estimate of drug-likeness (QED) is 0.612. The number of fused-ring (bicyclic) bond motifs is 1. The molecule has 0 aliphatic heterocycles. The van der Waals surface area contributed by atoms with Crippen molar-refractivity contribution in [2.24, 2.45) is 0 Å². The van der Waals surface area contributed by atoms with Gasteiger partial charge in [-0.05, 0) is 55.6 Å². The van der Waals surface area contributed by atoms with Crippen LogP contribution in [0.4, 0.5) is 5.00 Å². The summed E-state index contributed by atoms with van der Waals surface area (Å²) in [6, 6.07) is 3.72. The summed E-state index contributed by atoms with van der Waals surface area (Å²) in [5, 5.41) is 7.53. The first kappa shape index (κ1) is 17.9. The number of aryl methyl sites for hydroxylation is 1. The van der Waals surface area contributed by atoms with Crippen molar-refractivity contribution in [2.75, 3.05) is 12.4 Å². The molecule has 1 aliphatic rings. The summed E-state index contributed by atoms with van der Waals surface area (Å²) < 4.78 is 10.3. The Morgan fingerprint density at radius 3 is 2.84 bits per heavy atom. The van der Waals surface area contributed by atoms with Crippen molar-refractivity contribution >= 4 is 39.6 Å². The third-order valence-electron chi connectivity index (χ3n) is 4.29. The second-order valence-corrected chi connectivity index (χ2v) is 7.51. The van der Waals surface area contributed by atoms with Crippen LogP contribution < -0.4 is 10.6 Å². The molecule has 0 saturated heterocycles. The first-order chi connectivity index (χ1) is 12.2. The van der Waals surface area contributed by atoms with Gasteiger partial charge in [0.05, 0.1) is 25.5 Å². The van der Waals surface area contributed by atoms with Gasteiger partial charge >= 0.3 is 5.97 Å². The molecule has 0 aromatic carbocycles. The molecule has 2 heterocycles. The van der Waals surface area contributed by atoms with Crippen LogP contribution in [0.25, 0.3) is 0 Å². The number of hydrogen-bond donors (Lipinski definition) is 2. The Kier molecular flexibility index (Phi) is 6.09. The summed E-state index contributed by atoms with van der Waals surface area (Å²) in [5.41, 5.74) is 1.78. The van der Waals surface area contributed by atoms with Crippen LogP contribution in [-0.4, -0.2) is 18.2 Å². The molecule has 0 bridgehead atoms. The number of carbonyl (C=O) groups is 1. The molecule has 0 saturated carbocycles. The fourth-order valence-electron chi connectivity index (χ4n) is 3.05. The van der Waals surface area contributed by atoms with Crippen LogP contribution in [0.2, 0.25) is 0 Å². The Morgan fingerprint density at radius 1 is 1.32 bits per heavy atom. The van der Waals surface area contributed by atoms with Gasteiger partial charge in [-0.3, -0.25) is 0 Å². The SMILES string of the molecule is COC(=O)c1c(NC(=S)NCc2ccco2)sc2c1CCCCCC2. The number of nitrogens with one attached hydrogen (secondary N) is 2. The maximum atomic E-state index is 12.4. The fourth-order valence-corrected chi connectivity index (χ4v) is 4.57. The minimum Gasteiger partial charge on any atom is -0.467 e. The molecular weight excluding hydrogens is 356 g/mol. The lowest BCUT2D eigenvalue weighted by molar-refractivity contribution is 0.0601. The highest BCUT2D eigenvalue weighted by Gasteiger charge is 2.25. The van der Waals surface area contributed by atoms with Gasteiger partial charge in [-0.1, -0.05) is 12.8 Å². The van der Waals surface area contributed by atoms with E-state index in [2.05, 4.69) is 10.6 Å². The number of carbonyl (C=O) groups excluding carboxylic acids is 1. The number of hydrogen-bond acceptors (Lipinski definition) is 5. The second kappa shape index (κ2) is 8.49. The topological polar surface area (TPSA) is 63.5 Å². The average molecular weight is 379 g/mol. The fraction of sp³-hybridized carbons (Fsp3) is 0.444. The smallest absolute Gasteiger partial charge is 0.341 e. The van der Waals surface area contributed by atoms with Crippen LogP contribution in [-0.2, 0) is 24.1 Å². The van der Waals surface area contributed by atoms with E-state index in [1.807, 2.05) is 12.1 Å². The zero-order valence-electron chi connectivity index (χ0n) is 14.2. The molecule has 0 amide bonds. The number of thiocarbonyl (C=S) groups is 1. The van der Waals surface area contributed by atoms with Crippen LogP contribution in [0.3, 0.4) is 0 Å². The lowest BCUT2D eigenvalue weighted by Gasteiger charge is -2.11. The molecule has 1 aliphatic carbocycles. The van der Waals surface area contributed by atoms with Crippen molar-refractivity contribution in [3.8, 4) is 0 Å². The van der Waals surface area contributed by atoms with Gasteiger partial charge in [0.1, 0.15) is 10.8 Å². The van der Waals surface area contributed by atoms with Gasteiger partial charge < -0.3 is 19.8 Å². The number of furan rings is 1. The molecule has 0 atom stereocenters. The molecule has 25 heavy (non-hydrogen) atoms. The van der Waals surface area contributed by atoms with Gasteiger partial charge in [0.25, 0.3) is 0 Å². The van der Waals surface area contributed by atoms with E-state index in [4.69, 9.17) is 21.4 Å². The number of esters is 1. The van der Waals surface area contributed by atoms with Gasteiger partial charge in [0, 0.05) is 4.88 Å². The standard InChI is InChI=1S/C18H22N2O3S2/c1-22-17(21)15-13-8-4-2-3-5-9-14(13)25-16(15)20-18(24)19-11-12-7-6-10-23-12/h6-7,10H,2-5,8-9,11H2,1H3,(H2,19,20,24). The molecule has 0 radical (unpaired) electrons. The predicted octanol–water partition coefficient (Wildman–Crippen LogP) is 4.27. The summed E-state index contributed by atoms with van der Waals surface area (Å²) in [7, 11) is 1.42. The van der Waals surface area contributed by atoms with Gasteiger partial charge in [-0.25, -0.2) is 4.79 Å². The van der Waals surface area contributed by atoms with Crippen LogP contribution >= 0.6 is 23.6 Å². The molecule has 2 aromatic rings. The number of rotatable bonds is 4. The Bertz CT molecular complexity index is 738. The third kappa shape index (κ3) is 4.41. The minimum atomic E-state index is -0.297. The van der Waals surface area contributed by atoms with Crippen molar-refractivity contribution in [1.29, 1.82) is 0 Å². The number of anilines is 1. The minimum absolute atomic E-state index is 0.297. The van der Waals surface area contributed by atoms with Crippen molar-refractivity contribution < 1.29 is 13.9 Å². The summed E-state index contributed by atoms with van der Waals surface area (Å²) in [6.45, 7) is 0.498. The Morgan fingerprint density at radius 2 is 2.12 bits per heavy atom. The Balaban J connectivity index is 1.78. The molecule has 7 heteroatoms. The van der Waals surface area contributed by atoms with E-state index >= 15 is 0 Å². The molecule has 5 nitrogen and oxygen atoms in total. The predicted molar refractivity (Wildman–Crippen MR) is 103 cm³/mol. The van der Waals surface area contributed by atoms with Crippen LogP contribution in [0.5, 0.6) is 0 Å². The Labute approximate surface area is 156 Å². The summed E-state index contributed by atoms with van der Waals surface area (Å²) in [6.07, 6.45) is 8.28. The van der Waals surface area contributed by atoms with E-state index in [0.29, 0.717) is 17.2 Å². The highest BCUT2D eigenvalue weighted by molar-refractivity contribution is 7.80. The number of methoxy groups -OCH3 is 1. The molecule has 2 N–H and O–H groups in total. The molecule has 0 spiro atoms. The zero-order chi connectivity index (χ0) is 17.6. The largest absolute Gasteiger partial charge is 0.467 e. The lowest BCUT2D eigenvalue weighted by atomic mass is 9.96. The summed E-state index contributed by atoms with van der Waals surface area (Å²) >= 11 is 6.99. The molecule has 2 aromatic heterocycles. The molecule has 0 fully saturated rings. The van der Waals surface area contributed by atoms with E-state index in [9.17, 15) is 4.79 Å². The van der Waals surface area contributed by atoms with Crippen LogP contribution in [0.1, 0.15) is 52.2 Å². The average Bonchev–Trinajstić information content (AvgIpc) is 3.21. The van der Waals surface area contributed by atoms with Gasteiger partial charge in [-0.15, -0.1) is 11.3 Å². The number of ether oxygens (including phenoxy) is 1. The third-order valence-corrected chi connectivity index (χ3v) is 5.74. The molecule has 0 unspecified atom stereocenters. The first-order valence-electron chi connectivity index (χ1n) is 8.49. The van der Waals surface area contributed by atoms with Crippen LogP contribution in [0, 0.1) is 0 Å². The van der Waals surface area contributed by atoms with E-state index in [0.717, 1.165) is 42.0 Å². The van der Waals surface area contributed by atoms with Gasteiger partial charge in [0.2, 0.25) is 0 Å². The van der Waals surface area contributed by atoms with Gasteiger partial charge in [-0.2, -0.15) is 0 Å². The molecular formula is C18H22N2O3S2. The number of thiophene rings is 1. The maximum Gasteiger partial charge on any atom is 0.341 e. The van der Waals surface area contributed by atoms with Crippen molar-refractivity contribution in [2.45, 2.75) is 45.1 Å². The Hall–Kier alpha value is -1.86. The first-order valence-corrected chi connectivity index (χ1v) is 9.71. The molecule has 134 valence electrons. The molecule has 3 rings (SSSR count). The van der Waals surface area contributed by atoms with E-state index < -0.39 is 0 Å². The summed E-state index contributed by atoms with van der Waals surface area (Å²) in [4.78, 5) is 13.6. The highest BCUT2D eigenvalue weighted by Crippen LogP contribution is 2.37. The van der Waals surface area contributed by atoms with Crippen LogP contribution in [0.15, 0.2) is 22.8 Å². The maximum absolute atomic E-state index is 12.4. The van der Waals surface area contributed by atoms with E-state index in [1.165, 1.54) is 24.8 Å². The monoisotopic (exact) mass is 378 g/mol. The van der Waals surface area contributed by atoms with E-state index in [-0.39, 0.29) is 5.97 Å². The zero-order valence-corrected chi connectivity index (χ0v) is 15.9.